The van der Waals surface area contributed by atoms with Crippen molar-refractivity contribution >= 4 is 15.8 Å². The van der Waals surface area contributed by atoms with Gasteiger partial charge in [-0.05, 0) is 25.7 Å². The van der Waals surface area contributed by atoms with Crippen molar-refractivity contribution in [3.8, 4) is 0 Å². The van der Waals surface area contributed by atoms with Crippen LogP contribution < -0.4 is 10.5 Å². The minimum Gasteiger partial charge on any atom is -0.396 e. The molecule has 0 spiro atoms. The van der Waals surface area contributed by atoms with Crippen molar-refractivity contribution in [2.45, 2.75) is 31.6 Å². The largest absolute Gasteiger partial charge is 0.396 e. The number of nitrogens with zero attached hydrogens (tertiary/aromatic N) is 2. The number of aryl methyl sites for hydroxylation is 1. The van der Waals surface area contributed by atoms with Crippen LogP contribution in [0.1, 0.15) is 25.5 Å². The average molecular weight is 290 g/mol. The number of aliphatic hydroxyl groups excluding tert-OH is 1. The van der Waals surface area contributed by atoms with E-state index < -0.39 is 10.0 Å². The molecule has 0 aliphatic carbocycles. The second-order valence-corrected chi connectivity index (χ2v) is 6.45. The van der Waals surface area contributed by atoms with E-state index in [1.165, 1.54) is 4.68 Å². The van der Waals surface area contributed by atoms with E-state index >= 15 is 0 Å². The Morgan fingerprint density at radius 3 is 2.63 bits per heavy atom. The average Bonchev–Trinajstić information content (AvgIpc) is 2.59. The van der Waals surface area contributed by atoms with Crippen molar-refractivity contribution in [2.75, 3.05) is 18.9 Å². The summed E-state index contributed by atoms with van der Waals surface area (Å²) in [6, 6.07) is 0. The highest BCUT2D eigenvalue weighted by Gasteiger charge is 2.23. The SMILES string of the molecule is Cc1c(S(=O)(=O)NCCCC(C)CO)c(N)nn1C. The lowest BCUT2D eigenvalue weighted by atomic mass is 10.1. The third-order valence-corrected chi connectivity index (χ3v) is 4.68. The smallest absolute Gasteiger partial charge is 0.246 e. The fourth-order valence-electron chi connectivity index (χ4n) is 1.77. The number of nitrogens with two attached hydrogens (primary N) is 1. The van der Waals surface area contributed by atoms with Crippen LogP contribution in [-0.4, -0.2) is 36.5 Å². The highest BCUT2D eigenvalue weighted by molar-refractivity contribution is 7.89. The van der Waals surface area contributed by atoms with Crippen LogP contribution in [0.15, 0.2) is 4.90 Å². The van der Waals surface area contributed by atoms with E-state index in [9.17, 15) is 8.42 Å². The molecule has 1 rings (SSSR count). The predicted octanol–water partition coefficient (Wildman–Crippen LogP) is -0.00238. The van der Waals surface area contributed by atoms with E-state index in [4.69, 9.17) is 10.8 Å². The van der Waals surface area contributed by atoms with Crippen LogP contribution in [0.25, 0.3) is 0 Å². The van der Waals surface area contributed by atoms with E-state index in [2.05, 4.69) is 9.82 Å². The number of hydrogen-bond donors (Lipinski definition) is 3. The molecule has 0 amide bonds. The van der Waals surface area contributed by atoms with Gasteiger partial charge in [-0.15, -0.1) is 0 Å². The molecule has 0 aliphatic rings. The molecule has 1 atom stereocenters. The third-order valence-electron chi connectivity index (χ3n) is 3.05. The molecule has 1 aromatic heterocycles. The van der Waals surface area contributed by atoms with Crippen molar-refractivity contribution in [3.05, 3.63) is 5.69 Å². The number of nitrogens with one attached hydrogen (secondary N) is 1. The van der Waals surface area contributed by atoms with Gasteiger partial charge < -0.3 is 10.8 Å². The van der Waals surface area contributed by atoms with E-state index in [0.717, 1.165) is 6.42 Å². The number of anilines is 1. The molecule has 0 bridgehead atoms. The van der Waals surface area contributed by atoms with Gasteiger partial charge in [0.05, 0.1) is 5.69 Å². The summed E-state index contributed by atoms with van der Waals surface area (Å²) < 4.78 is 28.2. The Balaban J connectivity index is 2.67. The van der Waals surface area contributed by atoms with Crippen molar-refractivity contribution in [1.29, 1.82) is 0 Å². The minimum atomic E-state index is -3.63. The zero-order valence-corrected chi connectivity index (χ0v) is 12.4. The van der Waals surface area contributed by atoms with Crippen LogP contribution in [0, 0.1) is 12.8 Å². The molecule has 0 saturated heterocycles. The molecule has 1 aromatic rings. The number of aliphatic hydroxyl groups is 1. The summed E-state index contributed by atoms with van der Waals surface area (Å²) in [5.41, 5.74) is 6.13. The monoisotopic (exact) mass is 290 g/mol. The van der Waals surface area contributed by atoms with Crippen molar-refractivity contribution in [3.63, 3.8) is 0 Å². The number of aromatic nitrogens is 2. The number of sulfonamides is 1. The van der Waals surface area contributed by atoms with Crippen LogP contribution in [0.5, 0.6) is 0 Å². The standard InChI is InChI=1S/C11H22N4O3S/c1-8(7-16)5-4-6-13-19(17,18)10-9(2)15(3)14-11(10)12/h8,13,16H,4-7H2,1-3H3,(H2,12,14). The molecule has 1 unspecified atom stereocenters. The highest BCUT2D eigenvalue weighted by atomic mass is 32.2. The van der Waals surface area contributed by atoms with E-state index in [-0.39, 0.29) is 23.2 Å². The Morgan fingerprint density at radius 2 is 2.16 bits per heavy atom. The molecular weight excluding hydrogens is 268 g/mol. The first-order chi connectivity index (χ1) is 8.79. The lowest BCUT2D eigenvalue weighted by Gasteiger charge is -2.09. The zero-order chi connectivity index (χ0) is 14.6. The molecule has 0 aromatic carbocycles. The van der Waals surface area contributed by atoms with Gasteiger partial charge in [0.15, 0.2) is 5.82 Å². The van der Waals surface area contributed by atoms with Crippen molar-refractivity contribution in [2.24, 2.45) is 13.0 Å². The Hall–Kier alpha value is -1.12. The molecule has 110 valence electrons. The second kappa shape index (κ2) is 6.36. The molecule has 8 heteroatoms. The first-order valence-electron chi connectivity index (χ1n) is 6.19. The molecule has 0 aliphatic heterocycles. The topological polar surface area (TPSA) is 110 Å². The first-order valence-corrected chi connectivity index (χ1v) is 7.67. The van der Waals surface area contributed by atoms with Gasteiger partial charge in [0.2, 0.25) is 10.0 Å². The Kier molecular flexibility index (Phi) is 5.33. The minimum absolute atomic E-state index is 0.0104. The zero-order valence-electron chi connectivity index (χ0n) is 11.5. The fourth-order valence-corrected chi connectivity index (χ4v) is 3.16. The van der Waals surface area contributed by atoms with E-state index in [1.54, 1.807) is 14.0 Å². The first kappa shape index (κ1) is 15.9. The molecule has 0 saturated carbocycles. The number of nitrogen functional groups attached to an aromatic ring is 1. The molecule has 19 heavy (non-hydrogen) atoms. The maximum absolute atomic E-state index is 12.1. The molecule has 0 fully saturated rings. The van der Waals surface area contributed by atoms with Crippen molar-refractivity contribution in [1.82, 2.24) is 14.5 Å². The summed E-state index contributed by atoms with van der Waals surface area (Å²) in [5, 5.41) is 12.8. The van der Waals surface area contributed by atoms with Gasteiger partial charge in [0.25, 0.3) is 0 Å². The summed E-state index contributed by atoms with van der Waals surface area (Å²) in [7, 11) is -1.98. The second-order valence-electron chi connectivity index (χ2n) is 4.75. The fraction of sp³-hybridized carbons (Fsp3) is 0.727. The van der Waals surface area contributed by atoms with Crippen LogP contribution >= 0.6 is 0 Å². The molecular formula is C11H22N4O3S. The van der Waals surface area contributed by atoms with Crippen molar-refractivity contribution < 1.29 is 13.5 Å². The van der Waals surface area contributed by atoms with Gasteiger partial charge in [0, 0.05) is 20.2 Å². The van der Waals surface area contributed by atoms with Crippen LogP contribution in [0.3, 0.4) is 0 Å². The normalized spacial score (nSPS) is 13.7. The van der Waals surface area contributed by atoms with Gasteiger partial charge >= 0.3 is 0 Å². The van der Waals surface area contributed by atoms with Crippen LogP contribution in [0.2, 0.25) is 0 Å². The maximum Gasteiger partial charge on any atom is 0.246 e. The van der Waals surface area contributed by atoms with E-state index in [1.807, 2.05) is 6.92 Å². The maximum atomic E-state index is 12.1. The third kappa shape index (κ3) is 3.92. The quantitative estimate of drug-likeness (QED) is 0.612. The summed E-state index contributed by atoms with van der Waals surface area (Å²) in [4.78, 5) is 0.0465. The van der Waals surface area contributed by atoms with Crippen LogP contribution in [0.4, 0.5) is 5.82 Å². The molecule has 4 N–H and O–H groups in total. The van der Waals surface area contributed by atoms with Gasteiger partial charge in [-0.1, -0.05) is 6.92 Å². The summed E-state index contributed by atoms with van der Waals surface area (Å²) in [6.07, 6.45) is 1.43. The number of rotatable bonds is 7. The highest BCUT2D eigenvalue weighted by Crippen LogP contribution is 2.20. The van der Waals surface area contributed by atoms with Gasteiger partial charge in [-0.25, -0.2) is 13.1 Å². The van der Waals surface area contributed by atoms with Crippen LogP contribution in [-0.2, 0) is 17.1 Å². The summed E-state index contributed by atoms with van der Waals surface area (Å²) in [5.74, 6) is 0.186. The lowest BCUT2D eigenvalue weighted by molar-refractivity contribution is 0.228. The predicted molar refractivity (Wildman–Crippen MR) is 73.0 cm³/mol. The Labute approximate surface area is 113 Å². The lowest BCUT2D eigenvalue weighted by Crippen LogP contribution is -2.26. The van der Waals surface area contributed by atoms with Gasteiger partial charge in [-0.2, -0.15) is 5.10 Å². The molecule has 7 nitrogen and oxygen atoms in total. The van der Waals surface area contributed by atoms with Gasteiger partial charge in [0.1, 0.15) is 4.90 Å². The Morgan fingerprint density at radius 1 is 1.53 bits per heavy atom. The van der Waals surface area contributed by atoms with Gasteiger partial charge in [-0.3, -0.25) is 4.68 Å². The molecule has 1 heterocycles. The van der Waals surface area contributed by atoms with E-state index in [0.29, 0.717) is 18.7 Å². The summed E-state index contributed by atoms with van der Waals surface area (Å²) >= 11 is 0. The Bertz CT molecular complexity index is 524. The number of hydrogen-bond acceptors (Lipinski definition) is 5. The summed E-state index contributed by atoms with van der Waals surface area (Å²) in [6.45, 7) is 4.01. The molecule has 0 radical (unpaired) electrons.